The first-order valence-corrected chi connectivity index (χ1v) is 15.3. The quantitative estimate of drug-likeness (QED) is 0.214. The maximum Gasteiger partial charge on any atom is 0.254 e. The number of carbonyl (C=O) groups is 1. The summed E-state index contributed by atoms with van der Waals surface area (Å²) in [6.07, 6.45) is 0.552. The van der Waals surface area contributed by atoms with E-state index in [1.807, 2.05) is 84.9 Å². The van der Waals surface area contributed by atoms with Crippen LogP contribution >= 0.6 is 23.4 Å². The predicted octanol–water partition coefficient (Wildman–Crippen LogP) is 8.49. The highest BCUT2D eigenvalue weighted by molar-refractivity contribution is 8.14. The fourth-order valence-corrected chi connectivity index (χ4v) is 7.04. The van der Waals surface area contributed by atoms with Gasteiger partial charge in [0.15, 0.2) is 0 Å². The van der Waals surface area contributed by atoms with Gasteiger partial charge in [0.25, 0.3) is 5.91 Å². The number of allylic oxidation sites excluding steroid dienone is 1. The van der Waals surface area contributed by atoms with E-state index >= 15 is 0 Å². The van der Waals surface area contributed by atoms with Crippen LogP contribution in [0.1, 0.15) is 40.3 Å². The fourth-order valence-electron chi connectivity index (χ4n) is 5.41. The number of hydrogen-bond acceptors (Lipinski definition) is 6. The van der Waals surface area contributed by atoms with Crippen molar-refractivity contribution in [2.45, 2.75) is 24.5 Å². The van der Waals surface area contributed by atoms with Gasteiger partial charge in [-0.3, -0.25) is 4.79 Å². The molecule has 0 spiro atoms. The van der Waals surface area contributed by atoms with Crippen LogP contribution in [0.2, 0.25) is 5.02 Å². The molecule has 5 rings (SSSR count). The van der Waals surface area contributed by atoms with E-state index in [0.29, 0.717) is 50.3 Å². The van der Waals surface area contributed by atoms with Gasteiger partial charge in [0.1, 0.15) is 11.7 Å². The van der Waals surface area contributed by atoms with Crippen molar-refractivity contribution in [1.82, 2.24) is 0 Å². The summed E-state index contributed by atoms with van der Waals surface area (Å²) in [7, 11) is 1.54. The zero-order valence-corrected chi connectivity index (χ0v) is 25.8. The molecule has 0 bridgehead atoms. The third-order valence-corrected chi connectivity index (χ3v) is 9.19. The number of nitrogens with one attached hydrogen (secondary N) is 1. The van der Waals surface area contributed by atoms with Crippen LogP contribution in [-0.4, -0.2) is 18.1 Å². The molecule has 1 heterocycles. The number of ether oxygens (including phenoxy) is 1. The highest BCUT2D eigenvalue weighted by atomic mass is 35.5. The first kappa shape index (κ1) is 30.6. The number of halogens is 1. The Hall–Kier alpha value is -4.82. The third kappa shape index (κ3) is 6.55. The van der Waals surface area contributed by atoms with Crippen molar-refractivity contribution < 1.29 is 9.53 Å². The summed E-state index contributed by atoms with van der Waals surface area (Å²) in [6.45, 7) is 1.79. The van der Waals surface area contributed by atoms with Crippen molar-refractivity contribution in [3.8, 4) is 17.9 Å². The summed E-state index contributed by atoms with van der Waals surface area (Å²) in [6, 6.07) is 36.7. The van der Waals surface area contributed by atoms with E-state index in [0.717, 1.165) is 11.1 Å². The van der Waals surface area contributed by atoms with E-state index in [-0.39, 0.29) is 11.2 Å². The average molecular weight is 617 g/mol. The minimum atomic E-state index is -0.792. The smallest absolute Gasteiger partial charge is 0.254 e. The zero-order valence-electron chi connectivity index (χ0n) is 24.2. The minimum Gasteiger partial charge on any atom is -0.495 e. The topological polar surface area (TPSA) is 98.3 Å². The SMILES string of the molecule is COc1ccccc1NC(=O)C1=C(C)N=C(SC(Cc2ccccc2C#N)c2ccccc2)C(C#N)C1c1ccccc1Cl. The number of thioether (sulfide) groups is 1. The van der Waals surface area contributed by atoms with Crippen molar-refractivity contribution in [2.24, 2.45) is 10.9 Å². The average Bonchev–Trinajstić information content (AvgIpc) is 3.05. The van der Waals surface area contributed by atoms with Gasteiger partial charge in [0, 0.05) is 27.5 Å². The molecule has 218 valence electrons. The molecule has 8 heteroatoms. The number of nitriles is 2. The van der Waals surface area contributed by atoms with Crippen molar-refractivity contribution >= 4 is 40.0 Å². The third-order valence-electron chi connectivity index (χ3n) is 7.53. The number of methoxy groups -OCH3 is 1. The molecule has 0 radical (unpaired) electrons. The number of para-hydroxylation sites is 2. The fraction of sp³-hybridized carbons (Fsp3) is 0.167. The molecule has 0 aromatic heterocycles. The van der Waals surface area contributed by atoms with Crippen LogP contribution in [0.4, 0.5) is 5.69 Å². The van der Waals surface area contributed by atoms with Gasteiger partial charge in [-0.05, 0) is 54.3 Å². The van der Waals surface area contributed by atoms with Gasteiger partial charge in [-0.2, -0.15) is 10.5 Å². The van der Waals surface area contributed by atoms with E-state index in [1.54, 1.807) is 32.2 Å². The number of hydrogen-bond donors (Lipinski definition) is 1. The van der Waals surface area contributed by atoms with Crippen LogP contribution in [-0.2, 0) is 11.2 Å². The molecule has 4 aromatic rings. The van der Waals surface area contributed by atoms with Crippen molar-refractivity contribution in [2.75, 3.05) is 12.4 Å². The molecule has 4 aromatic carbocycles. The monoisotopic (exact) mass is 616 g/mol. The molecule has 0 aliphatic carbocycles. The van der Waals surface area contributed by atoms with E-state index < -0.39 is 11.8 Å². The number of nitrogens with zero attached hydrogens (tertiary/aromatic N) is 3. The first-order chi connectivity index (χ1) is 21.4. The first-order valence-electron chi connectivity index (χ1n) is 14.0. The Balaban J connectivity index is 1.60. The molecule has 3 unspecified atom stereocenters. The van der Waals surface area contributed by atoms with Crippen LogP contribution < -0.4 is 10.1 Å². The molecule has 0 saturated carbocycles. The van der Waals surface area contributed by atoms with Crippen LogP contribution in [0.3, 0.4) is 0 Å². The maximum absolute atomic E-state index is 14.0. The lowest BCUT2D eigenvalue weighted by Crippen LogP contribution is -2.32. The molecule has 6 nitrogen and oxygen atoms in total. The van der Waals surface area contributed by atoms with Gasteiger partial charge in [0.05, 0.1) is 35.5 Å². The summed E-state index contributed by atoms with van der Waals surface area (Å²) in [4.78, 5) is 18.9. The summed E-state index contributed by atoms with van der Waals surface area (Å²) in [5.41, 5.74) is 4.61. The summed E-state index contributed by atoms with van der Waals surface area (Å²) >= 11 is 8.22. The van der Waals surface area contributed by atoms with E-state index in [4.69, 9.17) is 21.3 Å². The molecule has 0 saturated heterocycles. The number of amides is 1. The standard InChI is InChI=1S/C36H29ClN4O2S/c1-23-33(35(42)41-30-18-10-11-19-31(30)43-2)34(27-16-8-9-17-29(27)37)28(22-39)36(40-23)44-32(24-12-4-3-5-13-24)20-25-14-6-7-15-26(25)21-38/h3-19,28,32,34H,20H2,1-2H3,(H,41,42). The number of rotatable bonds is 8. The number of aliphatic imine (C=N–C) groups is 1. The summed E-state index contributed by atoms with van der Waals surface area (Å²) < 4.78 is 5.45. The molecular weight excluding hydrogens is 588 g/mol. The van der Waals surface area contributed by atoms with Gasteiger partial charge in [-0.1, -0.05) is 90.5 Å². The van der Waals surface area contributed by atoms with Gasteiger partial charge < -0.3 is 10.1 Å². The molecule has 1 amide bonds. The lowest BCUT2D eigenvalue weighted by Gasteiger charge is -2.32. The van der Waals surface area contributed by atoms with Crippen LogP contribution in [0.5, 0.6) is 5.75 Å². The highest BCUT2D eigenvalue weighted by Crippen LogP contribution is 2.47. The molecule has 0 fully saturated rings. The Morgan fingerprint density at radius 2 is 1.66 bits per heavy atom. The molecule has 3 atom stereocenters. The van der Waals surface area contributed by atoms with E-state index in [2.05, 4.69) is 17.5 Å². The Labute approximate surface area is 266 Å². The Kier molecular flexibility index (Phi) is 9.82. The van der Waals surface area contributed by atoms with Crippen molar-refractivity contribution in [3.05, 3.63) is 142 Å². The van der Waals surface area contributed by atoms with Crippen molar-refractivity contribution in [3.63, 3.8) is 0 Å². The molecule has 1 N–H and O–H groups in total. The Morgan fingerprint density at radius 3 is 2.39 bits per heavy atom. The van der Waals surface area contributed by atoms with Gasteiger partial charge in [0.2, 0.25) is 0 Å². The second-order valence-electron chi connectivity index (χ2n) is 10.2. The largest absolute Gasteiger partial charge is 0.495 e. The van der Waals surface area contributed by atoms with Gasteiger partial charge in [-0.25, -0.2) is 4.99 Å². The minimum absolute atomic E-state index is 0.149. The second kappa shape index (κ2) is 14.1. The zero-order chi connectivity index (χ0) is 31.1. The van der Waals surface area contributed by atoms with Crippen molar-refractivity contribution in [1.29, 1.82) is 10.5 Å². The summed E-state index contributed by atoms with van der Waals surface area (Å²) in [5, 5.41) is 24.3. The highest BCUT2D eigenvalue weighted by Gasteiger charge is 2.40. The lowest BCUT2D eigenvalue weighted by molar-refractivity contribution is -0.113. The van der Waals surface area contributed by atoms with Gasteiger partial charge >= 0.3 is 0 Å². The Morgan fingerprint density at radius 1 is 0.977 bits per heavy atom. The second-order valence-corrected chi connectivity index (χ2v) is 11.8. The molecule has 1 aliphatic rings. The predicted molar refractivity (Wildman–Crippen MR) is 177 cm³/mol. The van der Waals surface area contributed by atoms with Crippen LogP contribution in [0.25, 0.3) is 0 Å². The molecular formula is C36H29ClN4O2S. The van der Waals surface area contributed by atoms with Crippen LogP contribution in [0, 0.1) is 28.6 Å². The molecule has 1 aliphatic heterocycles. The number of anilines is 1. The lowest BCUT2D eigenvalue weighted by atomic mass is 9.78. The number of carbonyl (C=O) groups excluding carboxylic acids is 1. The maximum atomic E-state index is 14.0. The van der Waals surface area contributed by atoms with E-state index in [9.17, 15) is 15.3 Å². The van der Waals surface area contributed by atoms with Crippen LogP contribution in [0.15, 0.2) is 119 Å². The number of benzene rings is 4. The molecule has 44 heavy (non-hydrogen) atoms. The van der Waals surface area contributed by atoms with Gasteiger partial charge in [-0.15, -0.1) is 11.8 Å². The normalized spacial score (nSPS) is 16.7. The van der Waals surface area contributed by atoms with E-state index in [1.165, 1.54) is 11.8 Å². The Bertz CT molecular complexity index is 1820. The summed E-state index contributed by atoms with van der Waals surface area (Å²) in [5.74, 6) is -1.33.